The second-order valence-electron chi connectivity index (χ2n) is 2.99. The van der Waals surface area contributed by atoms with Crippen LogP contribution in [0, 0.1) is 10.1 Å². The van der Waals surface area contributed by atoms with Gasteiger partial charge in [-0.25, -0.2) is 4.79 Å². The molecular weight excluding hydrogens is 232 g/mol. The van der Waals surface area contributed by atoms with Gasteiger partial charge >= 0.3 is 11.8 Å². The molecule has 1 aromatic heterocycles. The van der Waals surface area contributed by atoms with E-state index >= 15 is 0 Å². The molecule has 0 aliphatic heterocycles. The maximum Gasteiger partial charge on any atom is 0.402 e. The van der Waals surface area contributed by atoms with Crippen molar-refractivity contribution in [3.8, 4) is 0 Å². The Bertz CT molecular complexity index is 435. The molecule has 2 N–H and O–H groups in total. The molecule has 0 bridgehead atoms. The number of ether oxygens (including phenoxy) is 1. The van der Waals surface area contributed by atoms with E-state index in [0.29, 0.717) is 0 Å². The first-order valence-corrected chi connectivity index (χ1v) is 4.63. The highest BCUT2D eigenvalue weighted by Gasteiger charge is 2.25. The van der Waals surface area contributed by atoms with E-state index in [9.17, 15) is 19.7 Å². The summed E-state index contributed by atoms with van der Waals surface area (Å²) in [4.78, 5) is 31.7. The molecule has 0 fully saturated rings. The minimum Gasteiger partial charge on any atom is -0.465 e. The van der Waals surface area contributed by atoms with Gasteiger partial charge < -0.3 is 20.6 Å². The molecule has 17 heavy (non-hydrogen) atoms. The quantitative estimate of drug-likeness (QED) is 0.419. The summed E-state index contributed by atoms with van der Waals surface area (Å²) in [6, 6.07) is 0. The lowest BCUT2D eigenvalue weighted by Crippen LogP contribution is -2.14. The highest BCUT2D eigenvalue weighted by molar-refractivity contribution is 5.96. The number of carbonyl (C=O) groups excluding carboxylic acids is 2. The van der Waals surface area contributed by atoms with Gasteiger partial charge in [0.25, 0.3) is 5.91 Å². The molecule has 9 heteroatoms. The number of hydrogen-bond acceptors (Lipinski definition) is 6. The average Bonchev–Trinajstić information content (AvgIpc) is 2.62. The molecule has 1 amide bonds. The fourth-order valence-electron chi connectivity index (χ4n) is 1.14. The van der Waals surface area contributed by atoms with Gasteiger partial charge in [0.15, 0.2) is 12.1 Å². The Morgan fingerprint density at radius 2 is 2.29 bits per heavy atom. The smallest absolute Gasteiger partial charge is 0.402 e. The lowest BCUT2D eigenvalue weighted by Gasteiger charge is -1.97. The summed E-state index contributed by atoms with van der Waals surface area (Å²) in [5.41, 5.74) is 4.59. The first kappa shape index (κ1) is 12.6. The van der Waals surface area contributed by atoms with Gasteiger partial charge in [-0.3, -0.25) is 4.79 Å². The fraction of sp³-hybridized carbons (Fsp3) is 0.375. The van der Waals surface area contributed by atoms with Crippen LogP contribution >= 0.6 is 0 Å². The van der Waals surface area contributed by atoms with Crippen molar-refractivity contribution < 1.29 is 19.2 Å². The van der Waals surface area contributed by atoms with E-state index in [1.807, 2.05) is 0 Å². The van der Waals surface area contributed by atoms with Gasteiger partial charge in [-0.1, -0.05) is 0 Å². The molecule has 9 nitrogen and oxygen atoms in total. The van der Waals surface area contributed by atoms with Gasteiger partial charge in [0.2, 0.25) is 0 Å². The molecule has 92 valence electrons. The van der Waals surface area contributed by atoms with Crippen LogP contribution in [0.1, 0.15) is 17.3 Å². The van der Waals surface area contributed by atoms with Crippen molar-refractivity contribution in [2.24, 2.45) is 5.73 Å². The van der Waals surface area contributed by atoms with Crippen LogP contribution in [0.15, 0.2) is 6.20 Å². The third-order valence-corrected chi connectivity index (χ3v) is 1.78. The zero-order chi connectivity index (χ0) is 13.0. The summed E-state index contributed by atoms with van der Waals surface area (Å²) >= 11 is 0. The number of rotatable bonds is 5. The maximum absolute atomic E-state index is 11.1. The van der Waals surface area contributed by atoms with Crippen molar-refractivity contribution in [2.45, 2.75) is 13.5 Å². The van der Waals surface area contributed by atoms with Gasteiger partial charge in [-0.15, -0.1) is 0 Å². The van der Waals surface area contributed by atoms with Gasteiger partial charge in [-0.05, 0) is 11.8 Å². The molecular formula is C8H10N4O5. The van der Waals surface area contributed by atoms with E-state index < -0.39 is 22.6 Å². The van der Waals surface area contributed by atoms with Gasteiger partial charge in [-0.2, -0.15) is 4.68 Å². The first-order valence-electron chi connectivity index (χ1n) is 4.63. The Balaban J connectivity index is 2.96. The number of amides is 1. The highest BCUT2D eigenvalue weighted by Crippen LogP contribution is 2.14. The molecule has 0 saturated carbocycles. The third-order valence-electron chi connectivity index (χ3n) is 1.78. The molecule has 0 spiro atoms. The van der Waals surface area contributed by atoms with E-state index in [4.69, 9.17) is 5.73 Å². The monoisotopic (exact) mass is 242 g/mol. The average molecular weight is 242 g/mol. The molecule has 0 atom stereocenters. The lowest BCUT2D eigenvalue weighted by molar-refractivity contribution is -0.390. The summed E-state index contributed by atoms with van der Waals surface area (Å²) in [5.74, 6) is -2.27. The van der Waals surface area contributed by atoms with Crippen LogP contribution < -0.4 is 5.73 Å². The van der Waals surface area contributed by atoms with Crippen molar-refractivity contribution in [3.05, 3.63) is 21.9 Å². The van der Waals surface area contributed by atoms with Crippen LogP contribution in [0.5, 0.6) is 0 Å². The Morgan fingerprint density at radius 3 is 2.71 bits per heavy atom. The summed E-state index contributed by atoms with van der Waals surface area (Å²) < 4.78 is 5.57. The normalized spacial score (nSPS) is 9.94. The van der Waals surface area contributed by atoms with E-state index in [2.05, 4.69) is 9.84 Å². The molecule has 1 rings (SSSR count). The zero-order valence-corrected chi connectivity index (χ0v) is 8.95. The number of nitro groups is 1. The number of hydrogen-bond donors (Lipinski definition) is 1. The fourth-order valence-corrected chi connectivity index (χ4v) is 1.14. The third kappa shape index (κ3) is 3.00. The minimum absolute atomic E-state index is 0.185. The molecule has 0 aliphatic carbocycles. The molecule has 0 saturated heterocycles. The Labute approximate surface area is 95.3 Å². The van der Waals surface area contributed by atoms with E-state index in [1.165, 1.54) is 0 Å². The van der Waals surface area contributed by atoms with E-state index in [-0.39, 0.29) is 18.7 Å². The Hall–Kier alpha value is -2.45. The first-order chi connectivity index (χ1) is 7.95. The molecule has 0 unspecified atom stereocenters. The number of nitrogens with two attached hydrogens (primary N) is 1. The second kappa shape index (κ2) is 5.05. The maximum atomic E-state index is 11.1. The lowest BCUT2D eigenvalue weighted by atomic mass is 10.3. The minimum atomic E-state index is -0.980. The van der Waals surface area contributed by atoms with Crippen molar-refractivity contribution in [3.63, 3.8) is 0 Å². The molecule has 0 aromatic carbocycles. The number of primary amides is 1. The van der Waals surface area contributed by atoms with Gasteiger partial charge in [0.05, 0.1) is 17.9 Å². The SMILES string of the molecule is CCOC(=O)Cn1cc(C(N)=O)c([N+](=O)[O-])n1. The molecule has 0 radical (unpaired) electrons. The Morgan fingerprint density at radius 1 is 1.65 bits per heavy atom. The summed E-state index contributed by atoms with van der Waals surface area (Å²) in [7, 11) is 0. The predicted octanol–water partition coefficient (Wildman–Crippen LogP) is -0.547. The number of esters is 1. The van der Waals surface area contributed by atoms with Crippen molar-refractivity contribution in [1.82, 2.24) is 9.78 Å². The van der Waals surface area contributed by atoms with E-state index in [1.54, 1.807) is 6.92 Å². The highest BCUT2D eigenvalue weighted by atomic mass is 16.6. The largest absolute Gasteiger partial charge is 0.465 e. The van der Waals surface area contributed by atoms with Gasteiger partial charge in [0, 0.05) is 0 Å². The van der Waals surface area contributed by atoms with Crippen molar-refractivity contribution in [2.75, 3.05) is 6.61 Å². The summed E-state index contributed by atoms with van der Waals surface area (Å²) in [6.07, 6.45) is 1.04. The van der Waals surface area contributed by atoms with Crippen LogP contribution in [0.3, 0.4) is 0 Å². The zero-order valence-electron chi connectivity index (χ0n) is 8.95. The Kier molecular flexibility index (Phi) is 3.75. The van der Waals surface area contributed by atoms with Crippen LogP contribution in [0.4, 0.5) is 5.82 Å². The van der Waals surface area contributed by atoms with Crippen LogP contribution in [0.25, 0.3) is 0 Å². The second-order valence-corrected chi connectivity index (χ2v) is 2.99. The standard InChI is InChI=1S/C8H10N4O5/c1-2-17-6(13)4-11-3-5(7(9)14)8(10-11)12(15)16/h3H,2,4H2,1H3,(H2,9,14). The molecule has 1 aromatic rings. The number of aromatic nitrogens is 2. The number of carbonyl (C=O) groups is 2. The predicted molar refractivity (Wildman–Crippen MR) is 54.0 cm³/mol. The van der Waals surface area contributed by atoms with Crippen LogP contribution in [-0.2, 0) is 16.1 Å². The summed E-state index contributed by atoms with van der Waals surface area (Å²) in [6.45, 7) is 1.49. The molecule has 1 heterocycles. The summed E-state index contributed by atoms with van der Waals surface area (Å²) in [5, 5.41) is 14.0. The van der Waals surface area contributed by atoms with Crippen LogP contribution in [-0.4, -0.2) is 33.2 Å². The van der Waals surface area contributed by atoms with Crippen molar-refractivity contribution in [1.29, 1.82) is 0 Å². The number of nitrogens with zero attached hydrogens (tertiary/aromatic N) is 3. The van der Waals surface area contributed by atoms with Crippen LogP contribution in [0.2, 0.25) is 0 Å². The van der Waals surface area contributed by atoms with Crippen molar-refractivity contribution >= 4 is 17.7 Å². The van der Waals surface area contributed by atoms with E-state index in [0.717, 1.165) is 10.9 Å². The van der Waals surface area contributed by atoms with Gasteiger partial charge in [0.1, 0.15) is 0 Å². The molecule has 0 aliphatic rings. The topological polar surface area (TPSA) is 130 Å².